The number of phenolic OH excluding ortho intramolecular Hbond substituents is 1. The molecule has 1 unspecified atom stereocenters. The zero-order chi connectivity index (χ0) is 28.0. The molecule has 0 spiro atoms. The molecule has 39 heavy (non-hydrogen) atoms. The average Bonchev–Trinajstić information content (AvgIpc) is 2.92. The number of ether oxygens (including phenoxy) is 1. The largest absolute Gasteiger partial charge is 0.504 e. The molecule has 214 valence electrons. The maximum absolute atomic E-state index is 13.0. The van der Waals surface area contributed by atoms with Crippen molar-refractivity contribution in [3.63, 3.8) is 0 Å². The number of likely N-dealkylation sites (tertiary alicyclic amines) is 1. The number of piperidine rings is 1. The van der Waals surface area contributed by atoms with E-state index >= 15 is 0 Å². The quantitative estimate of drug-likeness (QED) is 0.238. The van der Waals surface area contributed by atoms with Gasteiger partial charge in [0.2, 0.25) is 11.8 Å². The van der Waals surface area contributed by atoms with E-state index in [-0.39, 0.29) is 23.6 Å². The van der Waals surface area contributed by atoms with E-state index in [1.165, 1.54) is 25.7 Å². The van der Waals surface area contributed by atoms with Gasteiger partial charge in [0.05, 0.1) is 12.6 Å². The summed E-state index contributed by atoms with van der Waals surface area (Å²) in [6.45, 7) is 5.89. The third kappa shape index (κ3) is 9.88. The van der Waals surface area contributed by atoms with Gasteiger partial charge in [0.15, 0.2) is 11.5 Å². The van der Waals surface area contributed by atoms with Crippen molar-refractivity contribution in [2.45, 2.75) is 97.1 Å². The van der Waals surface area contributed by atoms with Crippen molar-refractivity contribution in [1.82, 2.24) is 10.2 Å². The van der Waals surface area contributed by atoms with E-state index < -0.39 is 0 Å². The Morgan fingerprint density at radius 3 is 2.67 bits per heavy atom. The minimum atomic E-state index is -0.103. The van der Waals surface area contributed by atoms with Crippen LogP contribution in [0.25, 0.3) is 0 Å². The summed E-state index contributed by atoms with van der Waals surface area (Å²) in [6.07, 6.45) is 11.1. The third-order valence-corrected chi connectivity index (χ3v) is 7.58. The van der Waals surface area contributed by atoms with Crippen LogP contribution in [0.1, 0.15) is 87.8 Å². The van der Waals surface area contributed by atoms with Crippen LogP contribution in [0.3, 0.4) is 0 Å². The van der Waals surface area contributed by atoms with Crippen molar-refractivity contribution in [3.05, 3.63) is 53.1 Å². The molecule has 0 saturated carbocycles. The molecule has 0 aromatic heterocycles. The van der Waals surface area contributed by atoms with Gasteiger partial charge in [-0.1, -0.05) is 69.7 Å². The number of nitrogens with zero attached hydrogens (tertiary/aromatic N) is 1. The second-order valence-electron chi connectivity index (χ2n) is 10.8. The molecule has 1 aliphatic heterocycles. The first-order valence-electron chi connectivity index (χ1n) is 14.7. The van der Waals surface area contributed by atoms with E-state index in [1.807, 2.05) is 32.2 Å². The number of rotatable bonds is 15. The molecule has 0 radical (unpaired) electrons. The maximum Gasteiger partial charge on any atom is 0.241 e. The molecule has 3 rings (SSSR count). The van der Waals surface area contributed by atoms with Crippen molar-refractivity contribution in [1.29, 1.82) is 0 Å². The monoisotopic (exact) mass is 537 g/mol. The lowest BCUT2D eigenvalue weighted by molar-refractivity contribution is -0.122. The normalized spacial score (nSPS) is 15.6. The lowest BCUT2D eigenvalue weighted by Gasteiger charge is -2.31. The van der Waals surface area contributed by atoms with Gasteiger partial charge in [0, 0.05) is 25.1 Å². The molecule has 0 bridgehead atoms. The summed E-state index contributed by atoms with van der Waals surface area (Å²) in [5.41, 5.74) is 3.73. The predicted molar refractivity (Wildman–Crippen MR) is 157 cm³/mol. The molecule has 7 heteroatoms. The fourth-order valence-corrected chi connectivity index (χ4v) is 5.14. The molecule has 1 heterocycles. The number of aryl methyl sites for hydroxylation is 1. The number of hydrogen-bond acceptors (Lipinski definition) is 5. The summed E-state index contributed by atoms with van der Waals surface area (Å²) < 4.78 is 5.95. The fourth-order valence-electron chi connectivity index (χ4n) is 5.14. The molecule has 2 amide bonds. The lowest BCUT2D eigenvalue weighted by atomic mass is 10.0. The lowest BCUT2D eigenvalue weighted by Crippen LogP contribution is -2.44. The highest BCUT2D eigenvalue weighted by Gasteiger charge is 2.26. The van der Waals surface area contributed by atoms with E-state index in [0.29, 0.717) is 31.7 Å². The fraction of sp³-hybridized carbons (Fsp3) is 0.562. The number of carbonyl (C=O) groups is 2. The molecular formula is C32H47N3O4. The van der Waals surface area contributed by atoms with Crippen molar-refractivity contribution in [3.8, 4) is 11.5 Å². The minimum absolute atomic E-state index is 0.0394. The van der Waals surface area contributed by atoms with E-state index in [2.05, 4.69) is 22.5 Å². The number of phenols is 1. The molecule has 7 nitrogen and oxygen atoms in total. The molecule has 2 aromatic carbocycles. The number of amides is 2. The van der Waals surface area contributed by atoms with E-state index in [0.717, 1.165) is 61.0 Å². The van der Waals surface area contributed by atoms with E-state index in [4.69, 9.17) is 4.74 Å². The maximum atomic E-state index is 13.0. The van der Waals surface area contributed by atoms with E-state index in [1.54, 1.807) is 18.2 Å². The molecule has 3 N–H and O–H groups in total. The summed E-state index contributed by atoms with van der Waals surface area (Å²) in [6, 6.07) is 11.1. The summed E-state index contributed by atoms with van der Waals surface area (Å²) >= 11 is 0. The highest BCUT2D eigenvalue weighted by atomic mass is 16.5. The van der Waals surface area contributed by atoms with Crippen LogP contribution in [-0.2, 0) is 22.6 Å². The first-order valence-corrected chi connectivity index (χ1v) is 14.7. The van der Waals surface area contributed by atoms with Gasteiger partial charge in [-0.2, -0.15) is 0 Å². The van der Waals surface area contributed by atoms with Crippen LogP contribution >= 0.6 is 0 Å². The Morgan fingerprint density at radius 1 is 1.08 bits per heavy atom. The van der Waals surface area contributed by atoms with Gasteiger partial charge in [0.25, 0.3) is 0 Å². The summed E-state index contributed by atoms with van der Waals surface area (Å²) in [5.74, 6) is 0.544. The molecule has 1 saturated heterocycles. The summed E-state index contributed by atoms with van der Waals surface area (Å²) in [4.78, 5) is 27.4. The number of aromatic hydroxyl groups is 1. The highest BCUT2D eigenvalue weighted by molar-refractivity contribution is 5.96. The van der Waals surface area contributed by atoms with Crippen LogP contribution in [-0.4, -0.2) is 48.1 Å². The van der Waals surface area contributed by atoms with Crippen molar-refractivity contribution in [2.24, 2.45) is 0 Å². The zero-order valence-electron chi connectivity index (χ0n) is 24.1. The standard InChI is InChI=1S/C32H47N3O4/c1-4-5-6-7-8-9-16-30(37)33-23-25-17-18-28(36)29(22-25)39-21-19-26-14-12-13-24(2)31(26)34-32(38)27-15-10-11-20-35(27)3/h12-14,17-18,22,27,36H,4-11,15-16,19-21,23H2,1-3H3,(H,33,37)(H,34,38). The minimum Gasteiger partial charge on any atom is -0.504 e. The molecule has 2 aromatic rings. The van der Waals surface area contributed by atoms with Gasteiger partial charge >= 0.3 is 0 Å². The van der Waals surface area contributed by atoms with Crippen LogP contribution in [0.4, 0.5) is 5.69 Å². The van der Waals surface area contributed by atoms with Gasteiger partial charge in [-0.25, -0.2) is 0 Å². The predicted octanol–water partition coefficient (Wildman–Crippen LogP) is 6.11. The van der Waals surface area contributed by atoms with Gasteiger partial charge in [-0.15, -0.1) is 0 Å². The Labute approximate surface area is 234 Å². The van der Waals surface area contributed by atoms with Gasteiger partial charge < -0.3 is 20.5 Å². The second kappa shape index (κ2) is 16.1. The Morgan fingerprint density at radius 2 is 1.87 bits per heavy atom. The molecule has 1 fully saturated rings. The third-order valence-electron chi connectivity index (χ3n) is 7.58. The van der Waals surface area contributed by atoms with Crippen molar-refractivity contribution >= 4 is 17.5 Å². The summed E-state index contributed by atoms with van der Waals surface area (Å²) in [7, 11) is 2.01. The van der Waals surface area contributed by atoms with Crippen LogP contribution < -0.4 is 15.4 Å². The van der Waals surface area contributed by atoms with Gasteiger partial charge in [0.1, 0.15) is 0 Å². The Hall–Kier alpha value is -3.06. The van der Waals surface area contributed by atoms with Crippen molar-refractivity contribution in [2.75, 3.05) is 25.5 Å². The van der Waals surface area contributed by atoms with Crippen molar-refractivity contribution < 1.29 is 19.4 Å². The number of likely N-dealkylation sites (N-methyl/N-ethyl adjacent to an activating group) is 1. The van der Waals surface area contributed by atoms with Crippen LogP contribution in [0, 0.1) is 6.92 Å². The number of para-hydroxylation sites is 1. The molecule has 1 atom stereocenters. The first-order chi connectivity index (χ1) is 18.9. The van der Waals surface area contributed by atoms with Gasteiger partial charge in [-0.05, 0) is 68.6 Å². The topological polar surface area (TPSA) is 90.9 Å². The van der Waals surface area contributed by atoms with Crippen LogP contribution in [0.5, 0.6) is 11.5 Å². The molecular weight excluding hydrogens is 490 g/mol. The van der Waals surface area contributed by atoms with Gasteiger partial charge in [-0.3, -0.25) is 14.5 Å². The van der Waals surface area contributed by atoms with E-state index in [9.17, 15) is 14.7 Å². The average molecular weight is 538 g/mol. The SMILES string of the molecule is CCCCCCCCC(=O)NCc1ccc(O)c(OCCc2cccc(C)c2NC(=O)C2CCCCN2C)c1. The molecule has 1 aliphatic rings. The number of nitrogens with one attached hydrogen (secondary N) is 2. The Kier molecular flexibility index (Phi) is 12.6. The highest BCUT2D eigenvalue weighted by Crippen LogP contribution is 2.28. The second-order valence-corrected chi connectivity index (χ2v) is 10.8. The number of unbranched alkanes of at least 4 members (excludes halogenated alkanes) is 5. The van der Waals surface area contributed by atoms with Crippen LogP contribution in [0.2, 0.25) is 0 Å². The number of benzene rings is 2. The van der Waals surface area contributed by atoms with Crippen LogP contribution in [0.15, 0.2) is 36.4 Å². The number of hydrogen-bond donors (Lipinski definition) is 3. The Bertz CT molecular complexity index is 1070. The Balaban J connectivity index is 1.50. The first kappa shape index (κ1) is 30.5. The smallest absolute Gasteiger partial charge is 0.241 e. The zero-order valence-corrected chi connectivity index (χ0v) is 24.1. The summed E-state index contributed by atoms with van der Waals surface area (Å²) in [5, 5.41) is 16.5. The molecule has 0 aliphatic carbocycles. The number of anilines is 1. The number of carbonyl (C=O) groups excluding carboxylic acids is 2.